The van der Waals surface area contributed by atoms with Gasteiger partial charge in [0.05, 0.1) is 7.11 Å². The Hall–Kier alpha value is -1.75. The van der Waals surface area contributed by atoms with Crippen molar-refractivity contribution >= 4 is 11.8 Å². The average Bonchev–Trinajstić information content (AvgIpc) is 2.53. The van der Waals surface area contributed by atoms with Crippen LogP contribution in [0.3, 0.4) is 0 Å². The van der Waals surface area contributed by atoms with Crippen molar-refractivity contribution in [1.82, 2.24) is 9.97 Å². The van der Waals surface area contributed by atoms with Crippen LogP contribution in [0, 0.1) is 0 Å². The summed E-state index contributed by atoms with van der Waals surface area (Å²) >= 11 is 1.59. The Balaban J connectivity index is 1.90. The van der Waals surface area contributed by atoms with Gasteiger partial charge in [-0.15, -0.1) is 0 Å². The fourth-order valence-corrected chi connectivity index (χ4v) is 2.98. The van der Waals surface area contributed by atoms with E-state index in [2.05, 4.69) is 29.0 Å². The first-order valence-corrected chi connectivity index (χ1v) is 8.56. The number of thioether (sulfide) groups is 1. The first kappa shape index (κ1) is 16.6. The number of nitrogens with zero attached hydrogens (tertiary/aromatic N) is 1. The third kappa shape index (κ3) is 5.22. The summed E-state index contributed by atoms with van der Waals surface area (Å²) in [6.07, 6.45) is 3.96. The third-order valence-electron chi connectivity index (χ3n) is 3.35. The van der Waals surface area contributed by atoms with Gasteiger partial charge in [-0.1, -0.05) is 37.2 Å². The molecule has 0 spiro atoms. The smallest absolute Gasteiger partial charge is 0.251 e. The number of ether oxygens (including phenoxy) is 1. The highest BCUT2D eigenvalue weighted by Crippen LogP contribution is 2.16. The third-order valence-corrected chi connectivity index (χ3v) is 4.22. The Morgan fingerprint density at radius 1 is 1.23 bits per heavy atom. The van der Waals surface area contributed by atoms with Crippen LogP contribution in [0.15, 0.2) is 40.3 Å². The van der Waals surface area contributed by atoms with E-state index in [0.29, 0.717) is 5.16 Å². The lowest BCUT2D eigenvalue weighted by atomic mass is 10.2. The average molecular weight is 318 g/mol. The maximum Gasteiger partial charge on any atom is 0.251 e. The van der Waals surface area contributed by atoms with Gasteiger partial charge in [0.25, 0.3) is 5.56 Å². The van der Waals surface area contributed by atoms with E-state index in [9.17, 15) is 4.79 Å². The van der Waals surface area contributed by atoms with Crippen LogP contribution >= 0.6 is 11.8 Å². The Morgan fingerprint density at radius 3 is 2.68 bits per heavy atom. The normalized spacial score (nSPS) is 10.6. The second kappa shape index (κ2) is 8.63. The molecule has 0 unspecified atom stereocenters. The van der Waals surface area contributed by atoms with Crippen molar-refractivity contribution in [3.8, 4) is 5.75 Å². The van der Waals surface area contributed by atoms with Gasteiger partial charge in [-0.3, -0.25) is 4.79 Å². The summed E-state index contributed by atoms with van der Waals surface area (Å²) in [5.74, 6) is 1.75. The van der Waals surface area contributed by atoms with Crippen molar-refractivity contribution in [2.45, 2.75) is 37.8 Å². The van der Waals surface area contributed by atoms with Crippen LogP contribution in [0.4, 0.5) is 0 Å². The van der Waals surface area contributed by atoms with E-state index in [1.54, 1.807) is 24.9 Å². The van der Waals surface area contributed by atoms with Crippen molar-refractivity contribution < 1.29 is 4.74 Å². The van der Waals surface area contributed by atoms with Gasteiger partial charge in [0.15, 0.2) is 5.16 Å². The largest absolute Gasteiger partial charge is 0.497 e. The predicted molar refractivity (Wildman–Crippen MR) is 90.9 cm³/mol. The van der Waals surface area contributed by atoms with Gasteiger partial charge in [0, 0.05) is 17.5 Å². The van der Waals surface area contributed by atoms with Crippen LogP contribution in [0.25, 0.3) is 0 Å². The number of nitrogens with one attached hydrogen (secondary N) is 1. The topological polar surface area (TPSA) is 55.0 Å². The zero-order chi connectivity index (χ0) is 15.8. The lowest BCUT2D eigenvalue weighted by Gasteiger charge is -2.05. The molecule has 0 aliphatic heterocycles. The molecule has 118 valence electrons. The molecule has 0 saturated heterocycles. The molecule has 0 saturated carbocycles. The van der Waals surface area contributed by atoms with Gasteiger partial charge in [-0.25, -0.2) is 4.98 Å². The molecule has 4 nitrogen and oxygen atoms in total. The molecule has 5 heteroatoms. The van der Waals surface area contributed by atoms with Crippen molar-refractivity contribution in [2.75, 3.05) is 12.9 Å². The van der Waals surface area contributed by atoms with E-state index >= 15 is 0 Å². The number of hydrogen-bond acceptors (Lipinski definition) is 4. The first-order chi connectivity index (χ1) is 10.7. The van der Waals surface area contributed by atoms with Crippen LogP contribution in [0.2, 0.25) is 0 Å². The maximum absolute atomic E-state index is 11.7. The molecule has 22 heavy (non-hydrogen) atoms. The van der Waals surface area contributed by atoms with Crippen LogP contribution < -0.4 is 10.3 Å². The van der Waals surface area contributed by atoms with Crippen molar-refractivity contribution in [2.24, 2.45) is 0 Å². The lowest BCUT2D eigenvalue weighted by molar-refractivity contribution is 0.414. The summed E-state index contributed by atoms with van der Waals surface area (Å²) in [6.45, 7) is 2.14. The quantitative estimate of drug-likeness (QED) is 0.598. The number of aromatic amines is 1. The molecule has 0 aliphatic rings. The van der Waals surface area contributed by atoms with Crippen molar-refractivity contribution in [3.05, 3.63) is 51.9 Å². The zero-order valence-electron chi connectivity index (χ0n) is 13.1. The molecule has 0 amide bonds. The molecule has 1 aromatic heterocycles. The summed E-state index contributed by atoms with van der Waals surface area (Å²) in [4.78, 5) is 19.0. The van der Waals surface area contributed by atoms with E-state index < -0.39 is 0 Å². The van der Waals surface area contributed by atoms with Gasteiger partial charge in [-0.05, 0) is 37.0 Å². The minimum Gasteiger partial charge on any atom is -0.497 e. The molecular weight excluding hydrogens is 296 g/mol. The molecule has 2 rings (SSSR count). The second-order valence-electron chi connectivity index (χ2n) is 5.09. The predicted octanol–water partition coefficient (Wildman–Crippen LogP) is 3.46. The highest BCUT2D eigenvalue weighted by molar-refractivity contribution is 7.99. The number of benzene rings is 1. The Kier molecular flexibility index (Phi) is 6.52. The van der Waals surface area contributed by atoms with E-state index in [1.807, 2.05) is 12.1 Å². The maximum atomic E-state index is 11.7. The van der Waals surface area contributed by atoms with Gasteiger partial charge in [0.2, 0.25) is 0 Å². The fourth-order valence-electron chi connectivity index (χ4n) is 2.10. The monoisotopic (exact) mass is 318 g/mol. The highest BCUT2D eigenvalue weighted by Gasteiger charge is 2.03. The highest BCUT2D eigenvalue weighted by atomic mass is 32.2. The van der Waals surface area contributed by atoms with Gasteiger partial charge >= 0.3 is 0 Å². The summed E-state index contributed by atoms with van der Waals surface area (Å²) in [5.41, 5.74) is 2.07. The number of unbranched alkanes of at least 4 members (excludes halogenated alkanes) is 1. The van der Waals surface area contributed by atoms with Crippen molar-refractivity contribution in [1.29, 1.82) is 0 Å². The van der Waals surface area contributed by atoms with Crippen LogP contribution in [-0.4, -0.2) is 22.8 Å². The van der Waals surface area contributed by atoms with E-state index in [-0.39, 0.29) is 5.56 Å². The number of aryl methyl sites for hydroxylation is 2. The minimum absolute atomic E-state index is 0.0620. The molecule has 0 aliphatic carbocycles. The summed E-state index contributed by atoms with van der Waals surface area (Å²) in [6, 6.07) is 9.65. The number of H-pyrrole nitrogens is 1. The summed E-state index contributed by atoms with van der Waals surface area (Å²) < 4.78 is 5.15. The molecule has 0 atom stereocenters. The van der Waals surface area contributed by atoms with Crippen LogP contribution in [0.5, 0.6) is 5.75 Å². The standard InChI is InChI=1S/C17H22N2O2S/c1-3-4-5-14-12-16(20)19-17(18-14)22-11-10-13-6-8-15(21-2)9-7-13/h6-9,12H,3-5,10-11H2,1-2H3,(H,18,19,20). The molecule has 0 fully saturated rings. The molecule has 0 bridgehead atoms. The van der Waals surface area contributed by atoms with Gasteiger partial charge in [0.1, 0.15) is 5.75 Å². The lowest BCUT2D eigenvalue weighted by Crippen LogP contribution is -2.10. The number of aromatic nitrogens is 2. The van der Waals surface area contributed by atoms with Gasteiger partial charge in [-0.2, -0.15) is 0 Å². The SMILES string of the molecule is CCCCc1cc(=O)[nH]c(SCCc2ccc(OC)cc2)n1. The van der Waals surface area contributed by atoms with E-state index in [1.165, 1.54) is 5.56 Å². The van der Waals surface area contributed by atoms with Gasteiger partial charge < -0.3 is 9.72 Å². The Morgan fingerprint density at radius 2 is 2.00 bits per heavy atom. The summed E-state index contributed by atoms with van der Waals surface area (Å²) in [5, 5.41) is 0.715. The van der Waals surface area contributed by atoms with Crippen LogP contribution in [-0.2, 0) is 12.8 Å². The Bertz CT molecular complexity index is 638. The molecule has 0 radical (unpaired) electrons. The second-order valence-corrected chi connectivity index (χ2v) is 6.18. The fraction of sp³-hybridized carbons (Fsp3) is 0.412. The van der Waals surface area contributed by atoms with E-state index in [4.69, 9.17) is 4.74 Å². The Labute approximate surface area is 135 Å². The number of rotatable bonds is 8. The minimum atomic E-state index is -0.0620. The van der Waals surface area contributed by atoms with Crippen LogP contribution in [0.1, 0.15) is 31.0 Å². The molecule has 1 aromatic carbocycles. The summed E-state index contributed by atoms with van der Waals surface area (Å²) in [7, 11) is 1.67. The molecule has 1 N–H and O–H groups in total. The number of methoxy groups -OCH3 is 1. The first-order valence-electron chi connectivity index (χ1n) is 7.57. The number of hydrogen-bond donors (Lipinski definition) is 1. The molecular formula is C17H22N2O2S. The molecule has 1 heterocycles. The van der Waals surface area contributed by atoms with E-state index in [0.717, 1.165) is 42.9 Å². The van der Waals surface area contributed by atoms with Crippen molar-refractivity contribution in [3.63, 3.8) is 0 Å². The molecule has 2 aromatic rings. The zero-order valence-corrected chi connectivity index (χ0v) is 13.9.